The van der Waals surface area contributed by atoms with E-state index in [9.17, 15) is 0 Å². The van der Waals surface area contributed by atoms with Crippen LogP contribution >= 0.6 is 0 Å². The van der Waals surface area contributed by atoms with E-state index in [2.05, 4.69) is 15.0 Å². The maximum absolute atomic E-state index is 4.32. The zero-order chi connectivity index (χ0) is 11.4. The molecule has 2 aromatic rings. The van der Waals surface area contributed by atoms with Crippen molar-refractivity contribution in [2.75, 3.05) is 0 Å². The maximum Gasteiger partial charge on any atom is 0.155 e. The van der Waals surface area contributed by atoms with Crippen LogP contribution in [0.3, 0.4) is 0 Å². The predicted molar refractivity (Wildman–Crippen MR) is 65.2 cm³/mol. The third-order valence-electron chi connectivity index (χ3n) is 2.10. The molecule has 16 heavy (non-hydrogen) atoms. The highest BCUT2D eigenvalue weighted by Gasteiger charge is 1.95. The predicted octanol–water partition coefficient (Wildman–Crippen LogP) is 2.84. The minimum absolute atomic E-state index is 0.703. The molecule has 0 aliphatic rings. The van der Waals surface area contributed by atoms with Crippen LogP contribution in [0.2, 0.25) is 0 Å². The summed E-state index contributed by atoms with van der Waals surface area (Å²) in [7, 11) is 0. The van der Waals surface area contributed by atoms with Crippen molar-refractivity contribution < 1.29 is 0 Å². The summed E-state index contributed by atoms with van der Waals surface area (Å²) in [5.74, 6) is 1.45. The summed E-state index contributed by atoms with van der Waals surface area (Å²) < 4.78 is 0. The van der Waals surface area contributed by atoms with Gasteiger partial charge in [0.15, 0.2) is 5.82 Å². The Morgan fingerprint density at radius 3 is 2.50 bits per heavy atom. The molecule has 3 heteroatoms. The van der Waals surface area contributed by atoms with Gasteiger partial charge in [0.05, 0.1) is 0 Å². The molecule has 0 spiro atoms. The lowest BCUT2D eigenvalue weighted by molar-refractivity contribution is 1.01. The molecule has 1 aromatic heterocycles. The molecule has 2 rings (SSSR count). The minimum atomic E-state index is 0.703. The first kappa shape index (κ1) is 10.5. The van der Waals surface area contributed by atoms with Gasteiger partial charge in [-0.1, -0.05) is 30.3 Å². The molecule has 0 N–H and O–H groups in total. The zero-order valence-electron chi connectivity index (χ0n) is 9.38. The highest BCUT2D eigenvalue weighted by Crippen LogP contribution is 2.09. The molecule has 80 valence electrons. The second-order valence-corrected chi connectivity index (χ2v) is 3.58. The summed E-state index contributed by atoms with van der Waals surface area (Å²) in [6.07, 6.45) is 1.81. The number of hydrogen-bond acceptors (Lipinski definition) is 3. The van der Waals surface area contributed by atoms with Gasteiger partial charge in [-0.25, -0.2) is 15.0 Å². The van der Waals surface area contributed by atoms with Gasteiger partial charge in [-0.15, -0.1) is 0 Å². The van der Waals surface area contributed by atoms with Gasteiger partial charge in [0.1, 0.15) is 5.82 Å². The summed E-state index contributed by atoms with van der Waals surface area (Å²) in [4.78, 5) is 12.8. The molecule has 0 bridgehead atoms. The third kappa shape index (κ3) is 2.73. The van der Waals surface area contributed by atoms with Crippen LogP contribution in [0.4, 0.5) is 5.82 Å². The van der Waals surface area contributed by atoms with Crippen molar-refractivity contribution in [3.05, 3.63) is 53.5 Å². The Morgan fingerprint density at radius 2 is 1.81 bits per heavy atom. The van der Waals surface area contributed by atoms with Crippen LogP contribution in [0.15, 0.2) is 41.4 Å². The summed E-state index contributed by atoms with van der Waals surface area (Å²) in [6, 6.07) is 11.8. The van der Waals surface area contributed by atoms with Gasteiger partial charge in [-0.3, -0.25) is 0 Å². The Bertz CT molecular complexity index is 484. The zero-order valence-corrected chi connectivity index (χ0v) is 9.38. The van der Waals surface area contributed by atoms with Gasteiger partial charge in [-0.2, -0.15) is 0 Å². The van der Waals surface area contributed by atoms with Crippen molar-refractivity contribution in [2.45, 2.75) is 13.8 Å². The molecule has 1 heterocycles. The third-order valence-corrected chi connectivity index (χ3v) is 2.10. The topological polar surface area (TPSA) is 38.1 Å². The molecule has 1 aromatic carbocycles. The van der Waals surface area contributed by atoms with E-state index in [-0.39, 0.29) is 0 Å². The van der Waals surface area contributed by atoms with Crippen LogP contribution in [0.1, 0.15) is 17.1 Å². The first-order valence-electron chi connectivity index (χ1n) is 5.15. The second kappa shape index (κ2) is 4.66. The van der Waals surface area contributed by atoms with Crippen LogP contribution in [0.5, 0.6) is 0 Å². The quantitative estimate of drug-likeness (QED) is 0.716. The Hall–Kier alpha value is -2.03. The molecule has 0 aliphatic carbocycles. The molecule has 0 amide bonds. The van der Waals surface area contributed by atoms with Crippen molar-refractivity contribution in [1.29, 1.82) is 0 Å². The van der Waals surface area contributed by atoms with Crippen LogP contribution in [0, 0.1) is 13.8 Å². The average Bonchev–Trinajstić information content (AvgIpc) is 2.27. The van der Waals surface area contributed by atoms with Crippen molar-refractivity contribution in [3.63, 3.8) is 0 Å². The normalized spacial score (nSPS) is 10.9. The lowest BCUT2D eigenvalue weighted by atomic mass is 10.2. The van der Waals surface area contributed by atoms with E-state index < -0.39 is 0 Å². The standard InChI is InChI=1S/C13H13N3/c1-10-8-13(16-11(2)15-10)14-9-12-6-4-3-5-7-12/h3-9H,1-2H3. The second-order valence-electron chi connectivity index (χ2n) is 3.58. The summed E-state index contributed by atoms with van der Waals surface area (Å²) in [6.45, 7) is 3.81. The minimum Gasteiger partial charge on any atom is -0.238 e. The van der Waals surface area contributed by atoms with Crippen LogP contribution < -0.4 is 0 Å². The van der Waals surface area contributed by atoms with Crippen LogP contribution in [0.25, 0.3) is 0 Å². The molecule has 0 radical (unpaired) electrons. The molecule has 0 fully saturated rings. The number of hydrogen-bond donors (Lipinski definition) is 0. The highest BCUT2D eigenvalue weighted by atomic mass is 15.0. The van der Waals surface area contributed by atoms with Gasteiger partial charge in [0.25, 0.3) is 0 Å². The van der Waals surface area contributed by atoms with Crippen LogP contribution in [-0.2, 0) is 0 Å². The van der Waals surface area contributed by atoms with E-state index in [0.29, 0.717) is 5.82 Å². The molecule has 0 saturated heterocycles. The Labute approximate surface area is 94.9 Å². The fourth-order valence-electron chi connectivity index (χ4n) is 1.44. The maximum atomic E-state index is 4.32. The van der Waals surface area contributed by atoms with Crippen molar-refractivity contribution in [3.8, 4) is 0 Å². The number of rotatable bonds is 2. The van der Waals surface area contributed by atoms with Crippen molar-refractivity contribution >= 4 is 12.0 Å². The average molecular weight is 211 g/mol. The molecule has 0 aliphatic heterocycles. The Balaban J connectivity index is 2.24. The molecule has 0 atom stereocenters. The van der Waals surface area contributed by atoms with Crippen LogP contribution in [-0.4, -0.2) is 16.2 Å². The van der Waals surface area contributed by atoms with E-state index in [1.54, 1.807) is 6.21 Å². The first-order valence-corrected chi connectivity index (χ1v) is 5.15. The number of aromatic nitrogens is 2. The summed E-state index contributed by atoms with van der Waals surface area (Å²) >= 11 is 0. The largest absolute Gasteiger partial charge is 0.238 e. The highest BCUT2D eigenvalue weighted by molar-refractivity contribution is 5.81. The fraction of sp³-hybridized carbons (Fsp3) is 0.154. The van der Waals surface area contributed by atoms with E-state index in [1.165, 1.54) is 0 Å². The number of benzene rings is 1. The van der Waals surface area contributed by atoms with Gasteiger partial charge < -0.3 is 0 Å². The molecular weight excluding hydrogens is 198 g/mol. The van der Waals surface area contributed by atoms with E-state index >= 15 is 0 Å². The number of nitrogens with zero attached hydrogens (tertiary/aromatic N) is 3. The Kier molecular flexibility index (Phi) is 3.05. The van der Waals surface area contributed by atoms with Gasteiger partial charge in [-0.05, 0) is 19.4 Å². The Morgan fingerprint density at radius 1 is 1.06 bits per heavy atom. The molecular formula is C13H13N3. The lowest BCUT2D eigenvalue weighted by Crippen LogP contribution is -1.90. The van der Waals surface area contributed by atoms with Gasteiger partial charge in [0, 0.05) is 18.0 Å². The SMILES string of the molecule is Cc1cc(N=Cc2ccccc2)nc(C)n1. The molecule has 3 nitrogen and oxygen atoms in total. The monoisotopic (exact) mass is 211 g/mol. The number of aryl methyl sites for hydroxylation is 2. The summed E-state index contributed by atoms with van der Waals surface area (Å²) in [5.41, 5.74) is 2.00. The summed E-state index contributed by atoms with van der Waals surface area (Å²) in [5, 5.41) is 0. The van der Waals surface area contributed by atoms with E-state index in [4.69, 9.17) is 0 Å². The number of aliphatic imine (C=N–C) groups is 1. The van der Waals surface area contributed by atoms with E-state index in [0.717, 1.165) is 17.1 Å². The van der Waals surface area contributed by atoms with Gasteiger partial charge in [0.2, 0.25) is 0 Å². The van der Waals surface area contributed by atoms with Crippen molar-refractivity contribution in [1.82, 2.24) is 9.97 Å². The first-order chi connectivity index (χ1) is 7.74. The van der Waals surface area contributed by atoms with Crippen molar-refractivity contribution in [2.24, 2.45) is 4.99 Å². The van der Waals surface area contributed by atoms with Gasteiger partial charge >= 0.3 is 0 Å². The molecule has 0 saturated carbocycles. The fourth-order valence-corrected chi connectivity index (χ4v) is 1.44. The van der Waals surface area contributed by atoms with E-state index in [1.807, 2.05) is 50.2 Å². The molecule has 0 unspecified atom stereocenters. The smallest absolute Gasteiger partial charge is 0.155 e. The lowest BCUT2D eigenvalue weighted by Gasteiger charge is -1.97.